The predicted molar refractivity (Wildman–Crippen MR) is 114 cm³/mol. The van der Waals surface area contributed by atoms with Crippen LogP contribution in [-0.2, 0) is 4.74 Å². The molecule has 2 aromatic carbocycles. The molecular weight excluding hydrogens is 364 g/mol. The Kier molecular flexibility index (Phi) is 5.47. The minimum absolute atomic E-state index is 0.287. The number of hydrogen-bond donors (Lipinski definition) is 1. The number of anilines is 1. The fraction of sp³-hybridized carbons (Fsp3) is 0.250. The van der Waals surface area contributed by atoms with Crippen molar-refractivity contribution < 1.29 is 14.3 Å². The number of hydrogen-bond acceptors (Lipinski definition) is 5. The van der Waals surface area contributed by atoms with Gasteiger partial charge in [0.1, 0.15) is 5.75 Å². The summed E-state index contributed by atoms with van der Waals surface area (Å²) in [5.74, 6) is 0.851. The molecule has 0 saturated heterocycles. The maximum atomic E-state index is 12.0. The summed E-state index contributed by atoms with van der Waals surface area (Å²) in [7, 11) is 1.38. The van der Waals surface area contributed by atoms with E-state index < -0.39 is 0 Å². The van der Waals surface area contributed by atoms with E-state index in [1.54, 1.807) is 18.5 Å². The Morgan fingerprint density at radius 1 is 1.24 bits per heavy atom. The van der Waals surface area contributed by atoms with Crippen molar-refractivity contribution in [3.05, 3.63) is 77.6 Å². The molecule has 5 heteroatoms. The molecule has 0 radical (unpaired) electrons. The molecule has 4 rings (SSSR count). The molecule has 1 aliphatic rings. The lowest BCUT2D eigenvalue weighted by molar-refractivity contribution is 0.0601. The molecule has 0 aliphatic carbocycles. The predicted octanol–water partition coefficient (Wildman–Crippen LogP) is 4.82. The van der Waals surface area contributed by atoms with E-state index in [2.05, 4.69) is 59.7 Å². The Hall–Kier alpha value is -3.34. The molecule has 0 spiro atoms. The highest BCUT2D eigenvalue weighted by Crippen LogP contribution is 2.37. The highest BCUT2D eigenvalue weighted by molar-refractivity contribution is 5.95. The number of aryl methyl sites for hydroxylation is 1. The van der Waals surface area contributed by atoms with Gasteiger partial charge in [-0.2, -0.15) is 0 Å². The summed E-state index contributed by atoms with van der Waals surface area (Å²) in [6.07, 6.45) is 4.17. The number of nitrogens with one attached hydrogen (secondary N) is 1. The standard InChI is InChI=1S/C24H24N2O3/c1-16-5-3-4-6-19(16)17-7-8-20-18(10-12-29-23(20)13-17)14-26-22-15-25-11-9-21(22)24(27)28-2/h3-9,11,13,15,18,26H,10,12,14H2,1-2H3/t18-/m1/s1. The number of carbonyl (C=O) groups excluding carboxylic acids is 1. The molecule has 5 nitrogen and oxygen atoms in total. The third-order valence-corrected chi connectivity index (χ3v) is 5.40. The van der Waals surface area contributed by atoms with Gasteiger partial charge >= 0.3 is 5.97 Å². The maximum Gasteiger partial charge on any atom is 0.340 e. The van der Waals surface area contributed by atoms with Gasteiger partial charge < -0.3 is 14.8 Å². The second-order valence-electron chi connectivity index (χ2n) is 7.20. The molecule has 1 atom stereocenters. The van der Waals surface area contributed by atoms with Crippen LogP contribution in [0.5, 0.6) is 5.75 Å². The van der Waals surface area contributed by atoms with Gasteiger partial charge in [0.15, 0.2) is 0 Å². The highest BCUT2D eigenvalue weighted by Gasteiger charge is 2.23. The van der Waals surface area contributed by atoms with E-state index in [0.717, 1.165) is 17.7 Å². The van der Waals surface area contributed by atoms with Crippen molar-refractivity contribution in [3.8, 4) is 16.9 Å². The van der Waals surface area contributed by atoms with E-state index >= 15 is 0 Å². The molecule has 29 heavy (non-hydrogen) atoms. The first-order valence-electron chi connectivity index (χ1n) is 9.76. The van der Waals surface area contributed by atoms with Crippen molar-refractivity contribution in [1.82, 2.24) is 4.98 Å². The second-order valence-corrected chi connectivity index (χ2v) is 7.20. The molecule has 0 amide bonds. The first-order chi connectivity index (χ1) is 14.2. The van der Waals surface area contributed by atoms with Gasteiger partial charge in [-0.25, -0.2) is 4.79 Å². The number of benzene rings is 2. The fourth-order valence-electron chi connectivity index (χ4n) is 3.80. The molecule has 0 fully saturated rings. The van der Waals surface area contributed by atoms with Crippen LogP contribution >= 0.6 is 0 Å². The van der Waals surface area contributed by atoms with Crippen LogP contribution in [0.3, 0.4) is 0 Å². The van der Waals surface area contributed by atoms with Crippen LogP contribution in [0.1, 0.15) is 33.8 Å². The van der Waals surface area contributed by atoms with E-state index in [9.17, 15) is 4.79 Å². The number of fused-ring (bicyclic) bond motifs is 1. The number of esters is 1. The highest BCUT2D eigenvalue weighted by atomic mass is 16.5. The number of ether oxygens (including phenoxy) is 2. The third-order valence-electron chi connectivity index (χ3n) is 5.40. The number of carbonyl (C=O) groups is 1. The molecule has 3 aromatic rings. The van der Waals surface area contributed by atoms with Crippen LogP contribution in [0.2, 0.25) is 0 Å². The third kappa shape index (κ3) is 3.94. The molecule has 1 aromatic heterocycles. The summed E-state index contributed by atoms with van der Waals surface area (Å²) >= 11 is 0. The van der Waals surface area contributed by atoms with Crippen molar-refractivity contribution >= 4 is 11.7 Å². The Morgan fingerprint density at radius 3 is 2.93 bits per heavy atom. The zero-order valence-electron chi connectivity index (χ0n) is 16.6. The van der Waals surface area contributed by atoms with Gasteiger partial charge in [0.2, 0.25) is 0 Å². The summed E-state index contributed by atoms with van der Waals surface area (Å²) in [6, 6.07) is 16.5. The summed E-state index contributed by atoms with van der Waals surface area (Å²) in [4.78, 5) is 16.1. The van der Waals surface area contributed by atoms with Crippen molar-refractivity contribution in [2.75, 3.05) is 25.6 Å². The lowest BCUT2D eigenvalue weighted by atomic mass is 9.90. The van der Waals surface area contributed by atoms with E-state index in [-0.39, 0.29) is 11.9 Å². The monoisotopic (exact) mass is 388 g/mol. The number of aromatic nitrogens is 1. The van der Waals surface area contributed by atoms with Gasteiger partial charge in [-0.1, -0.05) is 36.4 Å². The Balaban J connectivity index is 1.55. The van der Waals surface area contributed by atoms with E-state index in [4.69, 9.17) is 9.47 Å². The Labute approximate surface area is 170 Å². The zero-order valence-corrected chi connectivity index (χ0v) is 16.6. The quantitative estimate of drug-likeness (QED) is 0.635. The van der Waals surface area contributed by atoms with Crippen molar-refractivity contribution in [2.45, 2.75) is 19.3 Å². The van der Waals surface area contributed by atoms with Crippen molar-refractivity contribution in [2.24, 2.45) is 0 Å². The van der Waals surface area contributed by atoms with Gasteiger partial charge in [0, 0.05) is 18.7 Å². The van der Waals surface area contributed by atoms with Gasteiger partial charge in [-0.3, -0.25) is 4.98 Å². The van der Waals surface area contributed by atoms with Gasteiger partial charge in [-0.15, -0.1) is 0 Å². The van der Waals surface area contributed by atoms with Crippen LogP contribution in [0.4, 0.5) is 5.69 Å². The molecule has 0 bridgehead atoms. The lowest BCUT2D eigenvalue weighted by Gasteiger charge is -2.27. The minimum atomic E-state index is -0.370. The Bertz CT molecular complexity index is 1030. The molecule has 1 N–H and O–H groups in total. The number of pyridine rings is 1. The molecular formula is C24H24N2O3. The molecule has 0 saturated carbocycles. The van der Waals surface area contributed by atoms with Crippen LogP contribution in [0.25, 0.3) is 11.1 Å². The fourth-order valence-corrected chi connectivity index (χ4v) is 3.80. The first-order valence-corrected chi connectivity index (χ1v) is 9.76. The first kappa shape index (κ1) is 19.0. The van der Waals surface area contributed by atoms with Crippen LogP contribution in [0, 0.1) is 6.92 Å². The average molecular weight is 388 g/mol. The van der Waals surface area contributed by atoms with Gasteiger partial charge in [0.05, 0.1) is 31.2 Å². The van der Waals surface area contributed by atoms with Crippen molar-refractivity contribution in [1.29, 1.82) is 0 Å². The summed E-state index contributed by atoms with van der Waals surface area (Å²) < 4.78 is 10.8. The summed E-state index contributed by atoms with van der Waals surface area (Å²) in [5.41, 5.74) is 5.99. The smallest absolute Gasteiger partial charge is 0.340 e. The minimum Gasteiger partial charge on any atom is -0.493 e. The SMILES string of the molecule is COC(=O)c1ccncc1NC[C@H]1CCOc2cc(-c3ccccc3C)ccc21. The van der Waals surface area contributed by atoms with E-state index in [1.165, 1.54) is 23.8 Å². The topological polar surface area (TPSA) is 60.5 Å². The van der Waals surface area contributed by atoms with Crippen LogP contribution in [0.15, 0.2) is 60.9 Å². The van der Waals surface area contributed by atoms with E-state index in [0.29, 0.717) is 24.4 Å². The zero-order chi connectivity index (χ0) is 20.2. The number of nitrogens with zero attached hydrogens (tertiary/aromatic N) is 1. The van der Waals surface area contributed by atoms with Gasteiger partial charge in [0.25, 0.3) is 0 Å². The van der Waals surface area contributed by atoms with Crippen LogP contribution < -0.4 is 10.1 Å². The number of methoxy groups -OCH3 is 1. The van der Waals surface area contributed by atoms with Crippen molar-refractivity contribution in [3.63, 3.8) is 0 Å². The second kappa shape index (κ2) is 8.35. The number of rotatable bonds is 5. The van der Waals surface area contributed by atoms with Crippen LogP contribution in [-0.4, -0.2) is 31.2 Å². The summed E-state index contributed by atoms with van der Waals surface area (Å²) in [5, 5.41) is 3.38. The summed E-state index contributed by atoms with van der Waals surface area (Å²) in [6.45, 7) is 3.48. The average Bonchev–Trinajstić information content (AvgIpc) is 2.77. The molecule has 1 aliphatic heterocycles. The maximum absolute atomic E-state index is 12.0. The largest absolute Gasteiger partial charge is 0.493 e. The normalized spacial score (nSPS) is 15.2. The van der Waals surface area contributed by atoms with Gasteiger partial charge in [-0.05, 0) is 47.7 Å². The lowest BCUT2D eigenvalue weighted by Crippen LogP contribution is -2.21. The molecule has 2 heterocycles. The molecule has 0 unspecified atom stereocenters. The van der Waals surface area contributed by atoms with E-state index in [1.807, 2.05) is 0 Å². The molecule has 148 valence electrons. The Morgan fingerprint density at radius 2 is 2.10 bits per heavy atom.